The number of ether oxygens (including phenoxy) is 1. The summed E-state index contributed by atoms with van der Waals surface area (Å²) in [6, 6.07) is 3.06. The van der Waals surface area contributed by atoms with Gasteiger partial charge >= 0.3 is 5.97 Å². The molecule has 32 heavy (non-hydrogen) atoms. The molecular weight excluding hydrogens is 398 g/mol. The minimum Gasteiger partial charge on any atom is -0.458 e. The van der Waals surface area contributed by atoms with Gasteiger partial charge in [0, 0.05) is 11.8 Å². The van der Waals surface area contributed by atoms with Gasteiger partial charge in [-0.25, -0.2) is 4.79 Å². The van der Waals surface area contributed by atoms with Crippen molar-refractivity contribution in [3.05, 3.63) is 0 Å². The van der Waals surface area contributed by atoms with E-state index in [1.165, 1.54) is 49.8 Å². The lowest BCUT2D eigenvalue weighted by Gasteiger charge is -2.60. The van der Waals surface area contributed by atoms with Crippen LogP contribution in [0.1, 0.15) is 71.6 Å². The lowest BCUT2D eigenvalue weighted by molar-refractivity contribution is -0.906. The summed E-state index contributed by atoms with van der Waals surface area (Å²) in [6.45, 7) is 6.23. The van der Waals surface area contributed by atoms with Crippen molar-refractivity contribution in [2.45, 2.75) is 83.8 Å². The van der Waals surface area contributed by atoms with Gasteiger partial charge in [0.15, 0.2) is 13.1 Å². The molecule has 4 rings (SSSR count). The van der Waals surface area contributed by atoms with E-state index in [1.807, 2.05) is 21.1 Å². The molecule has 9 atom stereocenters. The second kappa shape index (κ2) is 8.58. The molecule has 4 aliphatic rings. The molecule has 0 saturated heterocycles. The molecule has 4 saturated carbocycles. The summed E-state index contributed by atoms with van der Waals surface area (Å²) in [6.07, 6.45) is 11.4. The van der Waals surface area contributed by atoms with Gasteiger partial charge in [0.05, 0.1) is 34.2 Å². The third kappa shape index (κ3) is 4.23. The third-order valence-electron chi connectivity index (χ3n) is 10.5. The second-order valence-corrected chi connectivity index (χ2v) is 13.3. The zero-order chi connectivity index (χ0) is 23.3. The van der Waals surface area contributed by atoms with Gasteiger partial charge in [-0.3, -0.25) is 0 Å². The van der Waals surface area contributed by atoms with E-state index in [9.17, 15) is 10.1 Å². The molecule has 0 heterocycles. The molecule has 1 unspecified atom stereocenters. The highest BCUT2D eigenvalue weighted by atomic mass is 16.5. The van der Waals surface area contributed by atoms with Crippen LogP contribution in [0.5, 0.6) is 0 Å². The van der Waals surface area contributed by atoms with Gasteiger partial charge < -0.3 is 14.1 Å². The van der Waals surface area contributed by atoms with Crippen LogP contribution < -0.4 is 4.90 Å². The summed E-state index contributed by atoms with van der Waals surface area (Å²) in [5.41, 5.74) is 0.819. The molecular formula is C27H47N3O2+2. The summed E-state index contributed by atoms with van der Waals surface area (Å²) in [4.78, 5) is 13.9. The summed E-state index contributed by atoms with van der Waals surface area (Å²) in [7, 11) is 8.38. The number of likely N-dealkylation sites (N-methyl/N-ethyl adjacent to an activating group) is 1. The van der Waals surface area contributed by atoms with Gasteiger partial charge in [0.2, 0.25) is 0 Å². The third-order valence-corrected chi connectivity index (χ3v) is 10.5. The fraction of sp³-hybridized carbons (Fsp3) is 0.926. The Morgan fingerprint density at radius 1 is 1.03 bits per heavy atom. The maximum absolute atomic E-state index is 12.4. The number of carbonyl (C=O) groups excluding carboxylic acids is 1. The maximum Gasteiger partial charge on any atom is 0.362 e. The van der Waals surface area contributed by atoms with Crippen LogP contribution >= 0.6 is 0 Å². The van der Waals surface area contributed by atoms with Crippen molar-refractivity contribution in [3.63, 3.8) is 0 Å². The van der Waals surface area contributed by atoms with Crippen LogP contribution in [0.4, 0.5) is 0 Å². The average Bonchev–Trinajstić information content (AvgIpc) is 3.04. The van der Waals surface area contributed by atoms with Gasteiger partial charge in [0.1, 0.15) is 12.2 Å². The predicted molar refractivity (Wildman–Crippen MR) is 126 cm³/mol. The number of carbonyl (C=O) groups is 1. The molecule has 0 aromatic heterocycles. The monoisotopic (exact) mass is 445 g/mol. The second-order valence-electron chi connectivity index (χ2n) is 13.3. The molecule has 5 nitrogen and oxygen atoms in total. The Hall–Kier alpha value is -1.12. The first-order valence-electron chi connectivity index (χ1n) is 13.2. The number of fused-ring (bicyclic) bond motifs is 5. The summed E-state index contributed by atoms with van der Waals surface area (Å²) in [5, 5.41) is 9.26. The molecule has 180 valence electrons. The summed E-state index contributed by atoms with van der Waals surface area (Å²) < 4.78 is 6.59. The van der Waals surface area contributed by atoms with Crippen LogP contribution in [-0.4, -0.2) is 63.9 Å². The number of hydrogen-bond donors (Lipinski definition) is 1. The Kier molecular flexibility index (Phi) is 6.44. The van der Waals surface area contributed by atoms with E-state index in [0.29, 0.717) is 40.4 Å². The average molecular weight is 446 g/mol. The van der Waals surface area contributed by atoms with Crippen molar-refractivity contribution in [2.24, 2.45) is 34.5 Å². The van der Waals surface area contributed by atoms with Crippen LogP contribution in [0, 0.1) is 45.8 Å². The molecule has 4 fully saturated rings. The fourth-order valence-corrected chi connectivity index (χ4v) is 8.99. The minimum absolute atomic E-state index is 0.0331. The Morgan fingerprint density at radius 2 is 1.72 bits per heavy atom. The molecule has 0 radical (unpaired) electrons. The first kappa shape index (κ1) is 24.0. The van der Waals surface area contributed by atoms with Crippen LogP contribution in [0.2, 0.25) is 0 Å². The number of esters is 1. The number of nitrogens with zero attached hydrogens (tertiary/aromatic N) is 2. The van der Waals surface area contributed by atoms with E-state index in [0.717, 1.165) is 30.6 Å². The van der Waals surface area contributed by atoms with E-state index in [2.05, 4.69) is 27.0 Å². The van der Waals surface area contributed by atoms with Crippen molar-refractivity contribution in [2.75, 3.05) is 41.3 Å². The Morgan fingerprint density at radius 3 is 2.41 bits per heavy atom. The van der Waals surface area contributed by atoms with E-state index in [1.54, 1.807) is 0 Å². The van der Waals surface area contributed by atoms with Crippen molar-refractivity contribution in [3.8, 4) is 6.07 Å². The predicted octanol–water partition coefficient (Wildman–Crippen LogP) is 3.05. The first-order chi connectivity index (χ1) is 15.0. The molecule has 5 heteroatoms. The number of nitrogens with one attached hydrogen (secondary N) is 1. The lowest BCUT2D eigenvalue weighted by Crippen LogP contribution is -3.14. The zero-order valence-corrected chi connectivity index (χ0v) is 21.5. The van der Waals surface area contributed by atoms with Crippen LogP contribution in [0.15, 0.2) is 0 Å². The quantitative estimate of drug-likeness (QED) is 0.402. The molecule has 0 aromatic carbocycles. The smallest absolute Gasteiger partial charge is 0.362 e. The van der Waals surface area contributed by atoms with Crippen molar-refractivity contribution >= 4 is 5.97 Å². The van der Waals surface area contributed by atoms with Crippen LogP contribution in [0.3, 0.4) is 0 Å². The van der Waals surface area contributed by atoms with Gasteiger partial charge in [0.25, 0.3) is 0 Å². The lowest BCUT2D eigenvalue weighted by atomic mass is 9.45. The molecule has 4 aliphatic carbocycles. The number of nitriles is 1. The standard InChI is InChI=1S/C27H46N3O2/c1-26-13-11-20(32-25(31)18-30(4,5)6)17-19(26)7-8-21-22-9-10-24(29(3)16-15-28)27(22,2)14-12-23(21)26/h19-24H,7-14,16-18H2,1-6H3/q+1/p+1/t19-,20-,21-,22+,23-,24-,26-,27+/m0/s1. The molecule has 0 aliphatic heterocycles. The van der Waals surface area contributed by atoms with Gasteiger partial charge in [-0.15, -0.1) is 0 Å². The topological polar surface area (TPSA) is 54.5 Å². The Balaban J connectivity index is 1.43. The Labute approximate surface area is 196 Å². The van der Waals surface area contributed by atoms with Crippen molar-refractivity contribution in [1.29, 1.82) is 5.26 Å². The molecule has 0 spiro atoms. The molecule has 0 amide bonds. The number of quaternary nitrogens is 2. The molecule has 0 aromatic rings. The van der Waals surface area contributed by atoms with Gasteiger partial charge in [-0.05, 0) is 80.5 Å². The maximum atomic E-state index is 12.4. The van der Waals surface area contributed by atoms with Crippen LogP contribution in [0.25, 0.3) is 0 Å². The number of hydrogen-bond acceptors (Lipinski definition) is 3. The summed E-state index contributed by atoms with van der Waals surface area (Å²) in [5.74, 6) is 3.18. The van der Waals surface area contributed by atoms with E-state index >= 15 is 0 Å². The molecule has 0 bridgehead atoms. The highest BCUT2D eigenvalue weighted by Gasteiger charge is 2.62. The van der Waals surface area contributed by atoms with E-state index in [-0.39, 0.29) is 12.1 Å². The fourth-order valence-electron chi connectivity index (χ4n) is 8.99. The van der Waals surface area contributed by atoms with Gasteiger partial charge in [-0.1, -0.05) is 13.8 Å². The summed E-state index contributed by atoms with van der Waals surface area (Å²) >= 11 is 0. The van der Waals surface area contributed by atoms with Crippen LogP contribution in [-0.2, 0) is 9.53 Å². The van der Waals surface area contributed by atoms with Crippen molar-refractivity contribution in [1.82, 2.24) is 0 Å². The zero-order valence-electron chi connectivity index (χ0n) is 21.5. The first-order valence-corrected chi connectivity index (χ1v) is 13.2. The SMILES string of the molecule is C[NH+](CC#N)[C@H]1CC[C@@H]2[C@@H]3CC[C@H]4C[C@@H](OC(=O)C[N+](C)(C)C)CC[C@]4(C)[C@H]3CC[C@]21C. The molecule has 1 N–H and O–H groups in total. The van der Waals surface area contributed by atoms with Crippen molar-refractivity contribution < 1.29 is 18.9 Å². The normalized spacial score (nSPS) is 44.5. The van der Waals surface area contributed by atoms with E-state index in [4.69, 9.17) is 4.74 Å². The Bertz CT molecular complexity index is 755. The number of rotatable bonds is 5. The highest BCUT2D eigenvalue weighted by Crippen LogP contribution is 2.66. The largest absolute Gasteiger partial charge is 0.458 e. The highest BCUT2D eigenvalue weighted by molar-refractivity contribution is 5.70. The van der Waals surface area contributed by atoms with Gasteiger partial charge in [-0.2, -0.15) is 5.26 Å². The minimum atomic E-state index is -0.0331. The van der Waals surface area contributed by atoms with E-state index < -0.39 is 0 Å².